The van der Waals surface area contributed by atoms with Gasteiger partial charge in [-0.2, -0.15) is 22.2 Å². The van der Waals surface area contributed by atoms with Crippen LogP contribution < -0.4 is 0 Å². The van der Waals surface area contributed by atoms with Crippen molar-refractivity contribution in [3.63, 3.8) is 0 Å². The van der Waals surface area contributed by atoms with Gasteiger partial charge in [-0.25, -0.2) is 0 Å². The SMILES string of the molecule is CCC[Si]1(Cl)C[SiH](Cl)C1. The zero-order valence-electron chi connectivity index (χ0n) is 5.66. The molecule has 0 aliphatic carbocycles. The maximum absolute atomic E-state index is 6.29. The molecule has 1 aliphatic heterocycles. The number of hydrogen-bond donors (Lipinski definition) is 0. The Kier molecular flexibility index (Phi) is 2.66. The first-order valence-electron chi connectivity index (χ1n) is 3.49. The molecule has 1 aliphatic rings. The van der Waals surface area contributed by atoms with Crippen LogP contribution in [0.5, 0.6) is 0 Å². The molecule has 0 atom stereocenters. The highest BCUT2D eigenvalue weighted by Crippen LogP contribution is 2.40. The van der Waals surface area contributed by atoms with Crippen LogP contribution in [-0.2, 0) is 0 Å². The van der Waals surface area contributed by atoms with Gasteiger partial charge in [0.25, 0.3) is 0 Å². The van der Waals surface area contributed by atoms with Crippen molar-refractivity contribution in [2.24, 2.45) is 0 Å². The second-order valence-electron chi connectivity index (χ2n) is 2.91. The first kappa shape index (κ1) is 8.11. The third kappa shape index (κ3) is 1.97. The summed E-state index contributed by atoms with van der Waals surface area (Å²) in [5.74, 6) is 0. The minimum atomic E-state index is -1.16. The van der Waals surface area contributed by atoms with Crippen molar-refractivity contribution < 1.29 is 0 Å². The van der Waals surface area contributed by atoms with Gasteiger partial charge >= 0.3 is 0 Å². The van der Waals surface area contributed by atoms with Gasteiger partial charge in [0.1, 0.15) is 8.11 Å². The van der Waals surface area contributed by atoms with E-state index in [4.69, 9.17) is 22.2 Å². The average Bonchev–Trinajstić information content (AvgIpc) is 1.62. The summed E-state index contributed by atoms with van der Waals surface area (Å²) >= 11 is 12.2. The zero-order chi connectivity index (χ0) is 6.91. The van der Waals surface area contributed by atoms with Gasteiger partial charge < -0.3 is 0 Å². The highest BCUT2D eigenvalue weighted by Gasteiger charge is 2.44. The fourth-order valence-corrected chi connectivity index (χ4v) is 20.4. The van der Waals surface area contributed by atoms with Crippen molar-refractivity contribution in [2.75, 3.05) is 0 Å². The molecule has 0 spiro atoms. The van der Waals surface area contributed by atoms with E-state index < -0.39 is 15.5 Å². The summed E-state index contributed by atoms with van der Waals surface area (Å²) in [6.07, 6.45) is 1.26. The third-order valence-electron chi connectivity index (χ3n) is 1.87. The molecule has 1 rings (SSSR count). The summed E-state index contributed by atoms with van der Waals surface area (Å²) in [6.45, 7) is 2.21. The topological polar surface area (TPSA) is 0 Å². The monoisotopic (exact) mass is 198 g/mol. The predicted octanol–water partition coefficient (Wildman–Crippen LogP) is 2.64. The molecule has 0 saturated carbocycles. The molecule has 0 nitrogen and oxygen atoms in total. The lowest BCUT2D eigenvalue weighted by Crippen LogP contribution is -2.45. The van der Waals surface area contributed by atoms with Gasteiger partial charge in [-0.3, -0.25) is 0 Å². The molecular weight excluding hydrogens is 187 g/mol. The van der Waals surface area contributed by atoms with E-state index in [1.165, 1.54) is 23.8 Å². The second-order valence-corrected chi connectivity index (χ2v) is 14.4. The van der Waals surface area contributed by atoms with Crippen molar-refractivity contribution in [3.05, 3.63) is 0 Å². The van der Waals surface area contributed by atoms with Crippen LogP contribution in [0.4, 0.5) is 0 Å². The van der Waals surface area contributed by atoms with Crippen LogP contribution in [0.15, 0.2) is 0 Å². The van der Waals surface area contributed by atoms with Crippen LogP contribution in [-0.4, -0.2) is 15.5 Å². The van der Waals surface area contributed by atoms with Gasteiger partial charge in [0, 0.05) is 0 Å². The Balaban J connectivity index is 2.23. The van der Waals surface area contributed by atoms with E-state index in [1.807, 2.05) is 0 Å². The number of halogens is 2. The van der Waals surface area contributed by atoms with E-state index in [0.29, 0.717) is 0 Å². The van der Waals surface area contributed by atoms with Crippen molar-refractivity contribution in [1.82, 2.24) is 0 Å². The Morgan fingerprint density at radius 1 is 1.56 bits per heavy atom. The average molecular weight is 199 g/mol. The van der Waals surface area contributed by atoms with E-state index in [0.717, 1.165) is 0 Å². The van der Waals surface area contributed by atoms with E-state index in [-0.39, 0.29) is 0 Å². The Labute approximate surface area is 68.6 Å². The van der Waals surface area contributed by atoms with E-state index in [9.17, 15) is 0 Å². The van der Waals surface area contributed by atoms with Crippen LogP contribution in [0.2, 0.25) is 17.4 Å². The van der Waals surface area contributed by atoms with Crippen LogP contribution in [0.25, 0.3) is 0 Å². The maximum Gasteiger partial charge on any atom is 0.153 e. The Bertz CT molecular complexity index is 95.6. The molecule has 0 aromatic carbocycles. The molecule has 4 heteroatoms. The standard InChI is InChI=1S/C5H12Cl2Si2/c1-2-3-9(7)4-8(6)5-9/h8H,2-5H2,1H3. The van der Waals surface area contributed by atoms with Crippen LogP contribution in [0, 0.1) is 0 Å². The summed E-state index contributed by atoms with van der Waals surface area (Å²) in [7, 11) is -1.88. The Morgan fingerprint density at radius 3 is 2.44 bits per heavy atom. The zero-order valence-corrected chi connectivity index (χ0v) is 9.33. The fraction of sp³-hybridized carbons (Fsp3) is 1.00. The summed E-state index contributed by atoms with van der Waals surface area (Å²) < 4.78 is 0. The molecule has 0 unspecified atom stereocenters. The third-order valence-corrected chi connectivity index (χ3v) is 18.8. The van der Waals surface area contributed by atoms with Crippen LogP contribution in [0.3, 0.4) is 0 Å². The molecule has 0 aromatic heterocycles. The fourth-order valence-electron chi connectivity index (χ4n) is 1.39. The first-order valence-corrected chi connectivity index (χ1v) is 10.5. The van der Waals surface area contributed by atoms with Crippen LogP contribution >= 0.6 is 22.2 Å². The summed E-state index contributed by atoms with van der Waals surface area (Å²) in [5.41, 5.74) is 2.56. The van der Waals surface area contributed by atoms with E-state index in [2.05, 4.69) is 6.92 Å². The molecule has 54 valence electrons. The highest BCUT2D eigenvalue weighted by atomic mass is 35.6. The quantitative estimate of drug-likeness (QED) is 0.473. The molecule has 0 bridgehead atoms. The lowest BCUT2D eigenvalue weighted by atomic mass is 10.6. The summed E-state index contributed by atoms with van der Waals surface area (Å²) in [4.78, 5) is 0. The van der Waals surface area contributed by atoms with Gasteiger partial charge in [-0.05, 0) is 17.4 Å². The molecule has 9 heavy (non-hydrogen) atoms. The van der Waals surface area contributed by atoms with Crippen LogP contribution in [0.1, 0.15) is 13.3 Å². The summed E-state index contributed by atoms with van der Waals surface area (Å²) in [5, 5.41) is 0. The predicted molar refractivity (Wildman–Crippen MR) is 49.3 cm³/mol. The Morgan fingerprint density at radius 2 is 2.11 bits per heavy atom. The van der Waals surface area contributed by atoms with Gasteiger partial charge in [0.05, 0.1) is 0 Å². The van der Waals surface area contributed by atoms with Crippen molar-refractivity contribution >= 4 is 37.6 Å². The lowest BCUT2D eigenvalue weighted by Gasteiger charge is -2.36. The van der Waals surface area contributed by atoms with Gasteiger partial charge in [0.15, 0.2) is 7.38 Å². The van der Waals surface area contributed by atoms with E-state index >= 15 is 0 Å². The van der Waals surface area contributed by atoms with Crippen molar-refractivity contribution in [2.45, 2.75) is 30.7 Å². The molecule has 0 N–H and O–H groups in total. The lowest BCUT2D eigenvalue weighted by molar-refractivity contribution is 1.05. The van der Waals surface area contributed by atoms with Crippen molar-refractivity contribution in [1.29, 1.82) is 0 Å². The van der Waals surface area contributed by atoms with E-state index in [1.54, 1.807) is 0 Å². The molecular formula is C5H12Cl2Si2. The largest absolute Gasteiger partial charge is 0.172 e. The summed E-state index contributed by atoms with van der Waals surface area (Å²) in [6, 6.07) is 1.30. The van der Waals surface area contributed by atoms with Gasteiger partial charge in [0.2, 0.25) is 0 Å². The van der Waals surface area contributed by atoms with Crippen molar-refractivity contribution in [3.8, 4) is 0 Å². The maximum atomic E-state index is 6.29. The minimum Gasteiger partial charge on any atom is -0.172 e. The second kappa shape index (κ2) is 2.95. The Hall–Kier alpha value is 1.01. The molecule has 1 saturated heterocycles. The number of hydrogen-bond acceptors (Lipinski definition) is 0. The molecule has 1 fully saturated rings. The van der Waals surface area contributed by atoms with Gasteiger partial charge in [-0.1, -0.05) is 13.3 Å². The smallest absolute Gasteiger partial charge is 0.153 e. The normalized spacial score (nSPS) is 42.3. The minimum absolute atomic E-state index is 0.724. The molecule has 1 heterocycles. The highest BCUT2D eigenvalue weighted by molar-refractivity contribution is 7.39. The van der Waals surface area contributed by atoms with Gasteiger partial charge in [-0.15, -0.1) is 0 Å². The number of rotatable bonds is 2. The molecule has 0 aromatic rings. The molecule has 0 radical (unpaired) electrons. The first-order chi connectivity index (χ1) is 4.16. The molecule has 0 amide bonds.